The second-order valence-electron chi connectivity index (χ2n) is 6.44. The Morgan fingerprint density at radius 2 is 1.29 bits per heavy atom. The third kappa shape index (κ3) is 6.13. The highest BCUT2D eigenvalue weighted by Crippen LogP contribution is 2.25. The molecule has 0 aliphatic carbocycles. The van der Waals surface area contributed by atoms with Crippen LogP contribution >= 0.6 is 0 Å². The maximum atomic E-state index is 11.6. The summed E-state index contributed by atoms with van der Waals surface area (Å²) >= 11 is 0. The molecule has 0 unspecified atom stereocenters. The zero-order valence-corrected chi connectivity index (χ0v) is 16.0. The van der Waals surface area contributed by atoms with Crippen LogP contribution < -0.4 is 9.47 Å². The fourth-order valence-electron chi connectivity index (χ4n) is 2.65. The summed E-state index contributed by atoms with van der Waals surface area (Å²) in [5.74, 6) is 1.50. The summed E-state index contributed by atoms with van der Waals surface area (Å²) in [6, 6.07) is 25.7. The van der Waals surface area contributed by atoms with E-state index in [1.807, 2.05) is 85.8 Å². The lowest BCUT2D eigenvalue weighted by molar-refractivity contribution is -0.114. The van der Waals surface area contributed by atoms with E-state index in [0.29, 0.717) is 31.1 Å². The van der Waals surface area contributed by atoms with Crippen molar-refractivity contribution in [2.45, 2.75) is 26.6 Å². The van der Waals surface area contributed by atoms with Gasteiger partial charge in [-0.15, -0.1) is 0 Å². The van der Waals surface area contributed by atoms with Gasteiger partial charge in [-0.05, 0) is 34.9 Å². The number of carbonyl (C=O) groups is 1. The topological polar surface area (TPSA) is 35.5 Å². The third-order valence-electron chi connectivity index (χ3n) is 4.21. The van der Waals surface area contributed by atoms with E-state index in [0.717, 1.165) is 16.7 Å². The molecule has 3 heteroatoms. The Labute approximate surface area is 166 Å². The van der Waals surface area contributed by atoms with Crippen LogP contribution in [-0.2, 0) is 18.0 Å². The highest BCUT2D eigenvalue weighted by molar-refractivity contribution is 5.93. The molecule has 0 N–H and O–H groups in total. The van der Waals surface area contributed by atoms with Crippen LogP contribution in [0.4, 0.5) is 0 Å². The number of hydrogen-bond acceptors (Lipinski definition) is 3. The first-order chi connectivity index (χ1) is 13.7. The molecule has 0 aromatic heterocycles. The van der Waals surface area contributed by atoms with Crippen LogP contribution in [0.5, 0.6) is 11.5 Å². The minimum atomic E-state index is 0.0855. The smallest absolute Gasteiger partial charge is 0.155 e. The number of benzene rings is 3. The average Bonchev–Trinajstić information content (AvgIpc) is 2.76. The van der Waals surface area contributed by atoms with Crippen molar-refractivity contribution in [3.8, 4) is 11.5 Å². The third-order valence-corrected chi connectivity index (χ3v) is 4.21. The van der Waals surface area contributed by atoms with Crippen molar-refractivity contribution in [1.82, 2.24) is 0 Å². The molecule has 3 aromatic rings. The SMILES string of the molecule is CCC(=O)/C=C/c1cc(OCc2ccccc2)cc(OCc2ccccc2)c1. The van der Waals surface area contributed by atoms with E-state index in [2.05, 4.69) is 0 Å². The van der Waals surface area contributed by atoms with Crippen LogP contribution in [-0.4, -0.2) is 5.78 Å². The van der Waals surface area contributed by atoms with Crippen molar-refractivity contribution in [2.24, 2.45) is 0 Å². The van der Waals surface area contributed by atoms with Gasteiger partial charge in [0, 0.05) is 12.5 Å². The van der Waals surface area contributed by atoms with Gasteiger partial charge in [-0.25, -0.2) is 0 Å². The summed E-state index contributed by atoms with van der Waals surface area (Å²) in [6.45, 7) is 2.79. The monoisotopic (exact) mass is 372 g/mol. The maximum absolute atomic E-state index is 11.6. The second-order valence-corrected chi connectivity index (χ2v) is 6.44. The van der Waals surface area contributed by atoms with Gasteiger partial charge in [0.05, 0.1) is 0 Å². The summed E-state index contributed by atoms with van der Waals surface area (Å²) in [7, 11) is 0. The van der Waals surface area contributed by atoms with Crippen molar-refractivity contribution < 1.29 is 14.3 Å². The molecule has 3 nitrogen and oxygen atoms in total. The van der Waals surface area contributed by atoms with Crippen molar-refractivity contribution >= 4 is 11.9 Å². The highest BCUT2D eigenvalue weighted by atomic mass is 16.5. The fraction of sp³-hybridized carbons (Fsp3) is 0.160. The Bertz CT molecular complexity index is 853. The summed E-state index contributed by atoms with van der Waals surface area (Å²) in [4.78, 5) is 11.6. The van der Waals surface area contributed by atoms with Gasteiger partial charge in [0.15, 0.2) is 5.78 Å². The molecule has 0 bridgehead atoms. The molecule has 142 valence electrons. The molecule has 0 saturated carbocycles. The van der Waals surface area contributed by atoms with E-state index in [1.165, 1.54) is 0 Å². The normalized spacial score (nSPS) is 10.8. The highest BCUT2D eigenvalue weighted by Gasteiger charge is 2.04. The molecule has 0 radical (unpaired) electrons. The molecule has 0 fully saturated rings. The lowest BCUT2D eigenvalue weighted by Crippen LogP contribution is -1.98. The number of hydrogen-bond donors (Lipinski definition) is 0. The van der Waals surface area contributed by atoms with Gasteiger partial charge >= 0.3 is 0 Å². The van der Waals surface area contributed by atoms with Gasteiger partial charge in [0.25, 0.3) is 0 Å². The van der Waals surface area contributed by atoms with Crippen molar-refractivity contribution in [3.63, 3.8) is 0 Å². The van der Waals surface area contributed by atoms with Crippen LogP contribution in [0, 0.1) is 0 Å². The molecule has 0 amide bonds. The Morgan fingerprint density at radius 1 is 0.786 bits per heavy atom. The summed E-state index contributed by atoms with van der Waals surface area (Å²) in [6.07, 6.45) is 3.88. The van der Waals surface area contributed by atoms with Crippen molar-refractivity contribution in [2.75, 3.05) is 0 Å². The van der Waals surface area contributed by atoms with E-state index in [4.69, 9.17) is 9.47 Å². The average molecular weight is 372 g/mol. The summed E-state index contributed by atoms with van der Waals surface area (Å²) < 4.78 is 11.9. The molecule has 28 heavy (non-hydrogen) atoms. The van der Waals surface area contributed by atoms with E-state index >= 15 is 0 Å². The first kappa shape index (κ1) is 19.4. The molecule has 0 aliphatic rings. The molecular formula is C25H24O3. The van der Waals surface area contributed by atoms with Gasteiger partial charge in [-0.1, -0.05) is 73.7 Å². The molecule has 0 aliphatic heterocycles. The first-order valence-corrected chi connectivity index (χ1v) is 9.42. The van der Waals surface area contributed by atoms with Crippen LogP contribution in [0.1, 0.15) is 30.0 Å². The predicted molar refractivity (Wildman–Crippen MR) is 112 cm³/mol. The fourth-order valence-corrected chi connectivity index (χ4v) is 2.65. The van der Waals surface area contributed by atoms with Gasteiger partial charge in [-0.2, -0.15) is 0 Å². The molecule has 0 saturated heterocycles. The van der Waals surface area contributed by atoms with Crippen LogP contribution in [0.25, 0.3) is 6.08 Å². The molecule has 0 heterocycles. The molecule has 3 aromatic carbocycles. The first-order valence-electron chi connectivity index (χ1n) is 9.42. The zero-order valence-electron chi connectivity index (χ0n) is 16.0. The number of allylic oxidation sites excluding steroid dienone is 1. The Kier molecular flexibility index (Phi) is 7.02. The quantitative estimate of drug-likeness (QED) is 0.443. The lowest BCUT2D eigenvalue weighted by Gasteiger charge is -2.12. The second kappa shape index (κ2) is 10.1. The van der Waals surface area contributed by atoms with Gasteiger partial charge in [0.2, 0.25) is 0 Å². The Morgan fingerprint density at radius 3 is 1.75 bits per heavy atom. The Balaban J connectivity index is 1.76. The van der Waals surface area contributed by atoms with Crippen LogP contribution in [0.3, 0.4) is 0 Å². The number of ketones is 1. The predicted octanol–water partition coefficient (Wildman–Crippen LogP) is 5.84. The molecule has 0 spiro atoms. The van der Waals surface area contributed by atoms with E-state index < -0.39 is 0 Å². The van der Waals surface area contributed by atoms with Gasteiger partial charge in [-0.3, -0.25) is 4.79 Å². The zero-order chi connectivity index (χ0) is 19.6. The number of rotatable bonds is 9. The lowest BCUT2D eigenvalue weighted by atomic mass is 10.1. The summed E-state index contributed by atoms with van der Waals surface area (Å²) in [5.41, 5.74) is 3.06. The maximum Gasteiger partial charge on any atom is 0.155 e. The standard InChI is InChI=1S/C25H24O3/c1-2-23(26)14-13-22-15-24(27-18-20-9-5-3-6-10-20)17-25(16-22)28-19-21-11-7-4-8-12-21/h3-17H,2,18-19H2,1H3/b14-13+. The van der Waals surface area contributed by atoms with E-state index in [-0.39, 0.29) is 5.78 Å². The largest absolute Gasteiger partial charge is 0.489 e. The molecule has 0 atom stereocenters. The minimum absolute atomic E-state index is 0.0855. The van der Waals surface area contributed by atoms with Gasteiger partial charge < -0.3 is 9.47 Å². The molecular weight excluding hydrogens is 348 g/mol. The number of carbonyl (C=O) groups excluding carboxylic acids is 1. The minimum Gasteiger partial charge on any atom is -0.489 e. The number of ether oxygens (including phenoxy) is 2. The Hall–Kier alpha value is -3.33. The van der Waals surface area contributed by atoms with Gasteiger partial charge in [0.1, 0.15) is 24.7 Å². The van der Waals surface area contributed by atoms with Crippen molar-refractivity contribution in [1.29, 1.82) is 0 Å². The van der Waals surface area contributed by atoms with Crippen molar-refractivity contribution in [3.05, 3.63) is 102 Å². The molecule has 3 rings (SSSR count). The van der Waals surface area contributed by atoms with Crippen LogP contribution in [0.2, 0.25) is 0 Å². The van der Waals surface area contributed by atoms with E-state index in [9.17, 15) is 4.79 Å². The van der Waals surface area contributed by atoms with E-state index in [1.54, 1.807) is 12.2 Å². The van der Waals surface area contributed by atoms with Crippen LogP contribution in [0.15, 0.2) is 84.9 Å². The summed E-state index contributed by atoms with van der Waals surface area (Å²) in [5, 5.41) is 0.